The van der Waals surface area contributed by atoms with Gasteiger partial charge >= 0.3 is 0 Å². The number of nitrogens with zero attached hydrogens (tertiary/aromatic N) is 4. The van der Waals surface area contributed by atoms with Crippen LogP contribution >= 0.6 is 0 Å². The molecule has 0 amide bonds. The fraction of sp³-hybridized carbons (Fsp3) is 0.286. The number of hydrogen-bond donors (Lipinski definition) is 2. The van der Waals surface area contributed by atoms with Crippen LogP contribution in [-0.2, 0) is 19.5 Å². The van der Waals surface area contributed by atoms with Gasteiger partial charge in [0.1, 0.15) is 11.9 Å². The summed E-state index contributed by atoms with van der Waals surface area (Å²) in [6.45, 7) is 2.19. The Labute approximate surface area is 116 Å². The van der Waals surface area contributed by atoms with Gasteiger partial charge in [-0.05, 0) is 12.1 Å². The van der Waals surface area contributed by atoms with Gasteiger partial charge in [0.15, 0.2) is 0 Å². The predicted molar refractivity (Wildman–Crippen MR) is 73.7 cm³/mol. The summed E-state index contributed by atoms with van der Waals surface area (Å²) in [5, 5.41) is 15.6. The van der Waals surface area contributed by atoms with E-state index in [0.717, 1.165) is 42.3 Å². The van der Waals surface area contributed by atoms with Crippen molar-refractivity contribution in [2.24, 2.45) is 0 Å². The quantitative estimate of drug-likeness (QED) is 0.862. The molecule has 0 radical (unpaired) electrons. The molecule has 2 aromatic rings. The standard InChI is InChI=1S/C14H14N6/c15-7-13-19-12-4-6-16-9-11(12)14(20-13)18-8-10-3-1-2-5-17-10/h1-3,5,16H,4,6,8-9H2,(H,18,19,20). The second-order valence-corrected chi connectivity index (χ2v) is 4.53. The van der Waals surface area contributed by atoms with Crippen molar-refractivity contribution in [3.05, 3.63) is 47.2 Å². The number of rotatable bonds is 3. The van der Waals surface area contributed by atoms with Crippen LogP contribution in [0.5, 0.6) is 0 Å². The maximum absolute atomic E-state index is 9.02. The van der Waals surface area contributed by atoms with Crippen molar-refractivity contribution in [3.63, 3.8) is 0 Å². The van der Waals surface area contributed by atoms with Crippen LogP contribution in [0.15, 0.2) is 24.4 Å². The van der Waals surface area contributed by atoms with Crippen LogP contribution < -0.4 is 10.6 Å². The third-order valence-corrected chi connectivity index (χ3v) is 3.20. The van der Waals surface area contributed by atoms with Crippen LogP contribution in [0, 0.1) is 11.3 Å². The lowest BCUT2D eigenvalue weighted by atomic mass is 10.1. The smallest absolute Gasteiger partial charge is 0.234 e. The van der Waals surface area contributed by atoms with Crippen molar-refractivity contribution >= 4 is 5.82 Å². The van der Waals surface area contributed by atoms with Gasteiger partial charge in [0.05, 0.1) is 17.9 Å². The zero-order valence-corrected chi connectivity index (χ0v) is 10.9. The van der Waals surface area contributed by atoms with Crippen LogP contribution in [0.4, 0.5) is 5.82 Å². The van der Waals surface area contributed by atoms with Crippen molar-refractivity contribution in [1.29, 1.82) is 5.26 Å². The summed E-state index contributed by atoms with van der Waals surface area (Å²) in [6, 6.07) is 7.79. The summed E-state index contributed by atoms with van der Waals surface area (Å²) >= 11 is 0. The highest BCUT2D eigenvalue weighted by Gasteiger charge is 2.17. The van der Waals surface area contributed by atoms with Gasteiger partial charge in [0.25, 0.3) is 0 Å². The molecular formula is C14H14N6. The molecule has 3 rings (SSSR count). The molecule has 0 aromatic carbocycles. The molecule has 2 N–H and O–H groups in total. The molecule has 1 aliphatic heterocycles. The molecule has 0 unspecified atom stereocenters. The van der Waals surface area contributed by atoms with Crippen LogP contribution in [0.25, 0.3) is 0 Å². The molecule has 0 aliphatic carbocycles. The van der Waals surface area contributed by atoms with Crippen LogP contribution in [0.1, 0.15) is 22.8 Å². The van der Waals surface area contributed by atoms with E-state index in [9.17, 15) is 0 Å². The fourth-order valence-corrected chi connectivity index (χ4v) is 2.22. The van der Waals surface area contributed by atoms with E-state index < -0.39 is 0 Å². The lowest BCUT2D eigenvalue weighted by molar-refractivity contribution is 0.625. The van der Waals surface area contributed by atoms with E-state index in [1.54, 1.807) is 6.20 Å². The monoisotopic (exact) mass is 266 g/mol. The molecular weight excluding hydrogens is 252 g/mol. The number of hydrogen-bond acceptors (Lipinski definition) is 6. The molecule has 0 bridgehead atoms. The van der Waals surface area contributed by atoms with E-state index in [0.29, 0.717) is 6.54 Å². The highest BCUT2D eigenvalue weighted by Crippen LogP contribution is 2.20. The Balaban J connectivity index is 1.86. The van der Waals surface area contributed by atoms with Crippen molar-refractivity contribution in [2.45, 2.75) is 19.5 Å². The first-order valence-corrected chi connectivity index (χ1v) is 6.51. The summed E-state index contributed by atoms with van der Waals surface area (Å²) in [7, 11) is 0. The molecule has 0 saturated heterocycles. The van der Waals surface area contributed by atoms with E-state index in [4.69, 9.17) is 5.26 Å². The Morgan fingerprint density at radius 3 is 3.10 bits per heavy atom. The number of pyridine rings is 1. The highest BCUT2D eigenvalue weighted by molar-refractivity contribution is 5.49. The van der Waals surface area contributed by atoms with Crippen molar-refractivity contribution < 1.29 is 0 Å². The topological polar surface area (TPSA) is 86.5 Å². The highest BCUT2D eigenvalue weighted by atomic mass is 15.1. The number of anilines is 1. The van der Waals surface area contributed by atoms with E-state index >= 15 is 0 Å². The summed E-state index contributed by atoms with van der Waals surface area (Å²) in [6.07, 6.45) is 2.58. The molecule has 0 spiro atoms. The number of nitriles is 1. The van der Waals surface area contributed by atoms with Gasteiger partial charge in [-0.3, -0.25) is 4.98 Å². The minimum atomic E-state index is 0.217. The Morgan fingerprint density at radius 1 is 1.35 bits per heavy atom. The molecule has 20 heavy (non-hydrogen) atoms. The first kappa shape index (κ1) is 12.5. The maximum Gasteiger partial charge on any atom is 0.234 e. The molecule has 0 atom stereocenters. The van der Waals surface area contributed by atoms with E-state index in [1.807, 2.05) is 24.3 Å². The second-order valence-electron chi connectivity index (χ2n) is 4.53. The molecule has 1 aliphatic rings. The second kappa shape index (κ2) is 5.63. The van der Waals surface area contributed by atoms with E-state index in [2.05, 4.69) is 25.6 Å². The molecule has 0 saturated carbocycles. The minimum absolute atomic E-state index is 0.217. The average Bonchev–Trinajstić information content (AvgIpc) is 2.53. The number of nitrogens with one attached hydrogen (secondary N) is 2. The Hall–Kier alpha value is -2.52. The largest absolute Gasteiger partial charge is 0.364 e. The minimum Gasteiger partial charge on any atom is -0.364 e. The zero-order chi connectivity index (χ0) is 13.8. The number of aromatic nitrogens is 3. The number of fused-ring (bicyclic) bond motifs is 1. The van der Waals surface area contributed by atoms with E-state index in [-0.39, 0.29) is 5.82 Å². The van der Waals surface area contributed by atoms with Gasteiger partial charge in [-0.1, -0.05) is 6.07 Å². The molecule has 2 aromatic heterocycles. The van der Waals surface area contributed by atoms with Crippen LogP contribution in [0.2, 0.25) is 0 Å². The predicted octanol–water partition coefficient (Wildman–Crippen LogP) is 1.00. The fourth-order valence-electron chi connectivity index (χ4n) is 2.22. The molecule has 6 heteroatoms. The lowest BCUT2D eigenvalue weighted by Gasteiger charge is -2.19. The van der Waals surface area contributed by atoms with Crippen LogP contribution in [0.3, 0.4) is 0 Å². The van der Waals surface area contributed by atoms with Gasteiger partial charge in [-0.25, -0.2) is 9.97 Å². The van der Waals surface area contributed by atoms with Gasteiger partial charge in [0.2, 0.25) is 5.82 Å². The Bertz CT molecular complexity index is 647. The normalized spacial score (nSPS) is 13.3. The van der Waals surface area contributed by atoms with Crippen LogP contribution in [-0.4, -0.2) is 21.5 Å². The molecule has 6 nitrogen and oxygen atoms in total. The SMILES string of the molecule is N#Cc1nc2c(c(NCc3ccccn3)n1)CNCC2. The van der Waals surface area contributed by atoms with Gasteiger partial charge in [-0.2, -0.15) is 5.26 Å². The molecule has 0 fully saturated rings. The summed E-state index contributed by atoms with van der Waals surface area (Å²) < 4.78 is 0. The van der Waals surface area contributed by atoms with Gasteiger partial charge in [-0.15, -0.1) is 0 Å². The molecule has 3 heterocycles. The van der Waals surface area contributed by atoms with Crippen molar-refractivity contribution in [2.75, 3.05) is 11.9 Å². The lowest BCUT2D eigenvalue weighted by Crippen LogP contribution is -2.26. The van der Waals surface area contributed by atoms with Gasteiger partial charge < -0.3 is 10.6 Å². The zero-order valence-electron chi connectivity index (χ0n) is 10.9. The van der Waals surface area contributed by atoms with Gasteiger partial charge in [0, 0.05) is 31.3 Å². The van der Waals surface area contributed by atoms with Crippen molar-refractivity contribution in [3.8, 4) is 6.07 Å². The maximum atomic E-state index is 9.02. The summed E-state index contributed by atoms with van der Waals surface area (Å²) in [4.78, 5) is 12.8. The average molecular weight is 266 g/mol. The van der Waals surface area contributed by atoms with Crippen molar-refractivity contribution in [1.82, 2.24) is 20.3 Å². The Morgan fingerprint density at radius 2 is 2.30 bits per heavy atom. The summed E-state index contributed by atoms with van der Waals surface area (Å²) in [5.74, 6) is 0.943. The first-order chi connectivity index (χ1) is 9.86. The van der Waals surface area contributed by atoms with E-state index in [1.165, 1.54) is 0 Å². The third kappa shape index (κ3) is 2.58. The molecule has 100 valence electrons. The third-order valence-electron chi connectivity index (χ3n) is 3.20. The first-order valence-electron chi connectivity index (χ1n) is 6.51. The summed E-state index contributed by atoms with van der Waals surface area (Å²) in [5.41, 5.74) is 2.94. The Kier molecular flexibility index (Phi) is 3.52.